The van der Waals surface area contributed by atoms with Gasteiger partial charge in [-0.15, -0.1) is 0 Å². The number of methoxy groups -OCH3 is 3. The standard InChI is InChI=1S/C16H17NO5/c1-19-13-9-11(10-14(20-2)16(13)21-3)17-15(18)7-6-12-5-4-8-22-12/h4-10H,1-3H3,(H,17,18)/b7-6+. The lowest BCUT2D eigenvalue weighted by Crippen LogP contribution is -2.08. The average molecular weight is 303 g/mol. The summed E-state index contributed by atoms with van der Waals surface area (Å²) in [7, 11) is 4.55. The number of carbonyl (C=O) groups excluding carboxylic acids is 1. The fourth-order valence-electron chi connectivity index (χ4n) is 1.88. The minimum absolute atomic E-state index is 0.300. The second-order valence-corrected chi connectivity index (χ2v) is 4.25. The van der Waals surface area contributed by atoms with E-state index in [1.807, 2.05) is 0 Å². The van der Waals surface area contributed by atoms with Gasteiger partial charge >= 0.3 is 0 Å². The summed E-state index contributed by atoms with van der Waals surface area (Å²) in [6.07, 6.45) is 4.49. The van der Waals surface area contributed by atoms with Crippen LogP contribution in [0.3, 0.4) is 0 Å². The molecule has 1 aromatic carbocycles. The van der Waals surface area contributed by atoms with Crippen molar-refractivity contribution in [2.24, 2.45) is 0 Å². The van der Waals surface area contributed by atoms with Gasteiger partial charge in [0, 0.05) is 23.9 Å². The number of anilines is 1. The summed E-state index contributed by atoms with van der Waals surface area (Å²) in [5, 5.41) is 2.72. The predicted molar refractivity (Wildman–Crippen MR) is 82.5 cm³/mol. The van der Waals surface area contributed by atoms with Crippen molar-refractivity contribution in [2.45, 2.75) is 0 Å². The van der Waals surface area contributed by atoms with Crippen LogP contribution in [0, 0.1) is 0 Å². The summed E-state index contributed by atoms with van der Waals surface area (Å²) in [6, 6.07) is 6.81. The molecule has 0 aliphatic rings. The topological polar surface area (TPSA) is 69.9 Å². The molecule has 0 aliphatic heterocycles. The number of furan rings is 1. The Morgan fingerprint density at radius 2 is 1.82 bits per heavy atom. The molecule has 0 unspecified atom stereocenters. The molecule has 0 bridgehead atoms. The van der Waals surface area contributed by atoms with Crippen molar-refractivity contribution in [1.82, 2.24) is 0 Å². The Kier molecular flexibility index (Phi) is 5.08. The van der Waals surface area contributed by atoms with Gasteiger partial charge in [-0.3, -0.25) is 4.79 Å². The van der Waals surface area contributed by atoms with Crippen LogP contribution in [0.1, 0.15) is 5.76 Å². The average Bonchev–Trinajstić information content (AvgIpc) is 3.05. The summed E-state index contributed by atoms with van der Waals surface area (Å²) in [5.41, 5.74) is 0.531. The number of hydrogen-bond donors (Lipinski definition) is 1. The minimum Gasteiger partial charge on any atom is -0.493 e. The second kappa shape index (κ2) is 7.21. The van der Waals surface area contributed by atoms with Gasteiger partial charge in [0.05, 0.1) is 27.6 Å². The van der Waals surface area contributed by atoms with Crippen molar-refractivity contribution in [1.29, 1.82) is 0 Å². The van der Waals surface area contributed by atoms with E-state index < -0.39 is 0 Å². The third-order valence-corrected chi connectivity index (χ3v) is 2.87. The molecule has 1 amide bonds. The van der Waals surface area contributed by atoms with Crippen molar-refractivity contribution in [3.63, 3.8) is 0 Å². The zero-order valence-corrected chi connectivity index (χ0v) is 12.6. The molecule has 1 aromatic heterocycles. The fraction of sp³-hybridized carbons (Fsp3) is 0.188. The van der Waals surface area contributed by atoms with Crippen LogP contribution in [-0.4, -0.2) is 27.2 Å². The van der Waals surface area contributed by atoms with Crippen LogP contribution >= 0.6 is 0 Å². The molecule has 0 spiro atoms. The van der Waals surface area contributed by atoms with Crippen LogP contribution in [-0.2, 0) is 4.79 Å². The van der Waals surface area contributed by atoms with E-state index in [9.17, 15) is 4.79 Å². The molecular weight excluding hydrogens is 286 g/mol. The van der Waals surface area contributed by atoms with E-state index >= 15 is 0 Å². The molecule has 22 heavy (non-hydrogen) atoms. The maximum atomic E-state index is 11.9. The quantitative estimate of drug-likeness (QED) is 0.831. The normalized spacial score (nSPS) is 10.5. The molecule has 0 saturated heterocycles. The summed E-state index contributed by atoms with van der Waals surface area (Å²) in [4.78, 5) is 11.9. The van der Waals surface area contributed by atoms with Crippen LogP contribution in [0.4, 0.5) is 5.69 Å². The van der Waals surface area contributed by atoms with Gasteiger partial charge < -0.3 is 23.9 Å². The zero-order chi connectivity index (χ0) is 15.9. The summed E-state index contributed by atoms with van der Waals surface area (Å²) < 4.78 is 20.8. The third kappa shape index (κ3) is 3.60. The molecule has 2 aromatic rings. The van der Waals surface area contributed by atoms with Gasteiger partial charge in [0.1, 0.15) is 5.76 Å². The van der Waals surface area contributed by atoms with Gasteiger partial charge in [-0.1, -0.05) is 0 Å². The number of hydrogen-bond acceptors (Lipinski definition) is 5. The molecular formula is C16H17NO5. The first-order valence-corrected chi connectivity index (χ1v) is 6.50. The van der Waals surface area contributed by atoms with Crippen LogP contribution in [0.25, 0.3) is 6.08 Å². The highest BCUT2D eigenvalue weighted by molar-refractivity contribution is 6.02. The van der Waals surface area contributed by atoms with E-state index in [2.05, 4.69) is 5.32 Å². The largest absolute Gasteiger partial charge is 0.493 e. The Labute approximate surface area is 128 Å². The highest BCUT2D eigenvalue weighted by Gasteiger charge is 2.13. The summed E-state index contributed by atoms with van der Waals surface area (Å²) in [5.74, 6) is 1.69. The van der Waals surface area contributed by atoms with Crippen LogP contribution in [0.5, 0.6) is 17.2 Å². The van der Waals surface area contributed by atoms with Gasteiger partial charge in [0.25, 0.3) is 0 Å². The molecule has 0 radical (unpaired) electrons. The monoisotopic (exact) mass is 303 g/mol. The number of amides is 1. The van der Waals surface area contributed by atoms with E-state index in [0.717, 1.165) is 0 Å². The number of benzene rings is 1. The van der Waals surface area contributed by atoms with E-state index in [1.165, 1.54) is 33.7 Å². The SMILES string of the molecule is COc1cc(NC(=O)/C=C/c2ccco2)cc(OC)c1OC. The highest BCUT2D eigenvalue weighted by atomic mass is 16.5. The van der Waals surface area contributed by atoms with E-state index in [1.54, 1.807) is 30.3 Å². The molecule has 116 valence electrons. The molecule has 0 atom stereocenters. The van der Waals surface area contributed by atoms with Crippen LogP contribution in [0.15, 0.2) is 41.0 Å². The lowest BCUT2D eigenvalue weighted by Gasteiger charge is -2.14. The lowest BCUT2D eigenvalue weighted by atomic mass is 10.2. The second-order valence-electron chi connectivity index (χ2n) is 4.25. The predicted octanol–water partition coefficient (Wildman–Crippen LogP) is 2.96. The van der Waals surface area contributed by atoms with Gasteiger partial charge in [-0.05, 0) is 18.2 Å². The summed E-state index contributed by atoms with van der Waals surface area (Å²) in [6.45, 7) is 0. The van der Waals surface area contributed by atoms with Crippen molar-refractivity contribution in [3.05, 3.63) is 42.4 Å². The van der Waals surface area contributed by atoms with Crippen LogP contribution in [0.2, 0.25) is 0 Å². The van der Waals surface area contributed by atoms with Crippen molar-refractivity contribution in [2.75, 3.05) is 26.6 Å². The van der Waals surface area contributed by atoms with Crippen LogP contribution < -0.4 is 19.5 Å². The third-order valence-electron chi connectivity index (χ3n) is 2.87. The van der Waals surface area contributed by atoms with Crippen molar-refractivity contribution >= 4 is 17.7 Å². The Morgan fingerprint density at radius 1 is 1.14 bits per heavy atom. The molecule has 6 heteroatoms. The Balaban J connectivity index is 2.16. The Bertz CT molecular complexity index is 636. The van der Waals surface area contributed by atoms with E-state index in [-0.39, 0.29) is 5.91 Å². The maximum absolute atomic E-state index is 11.9. The van der Waals surface area contributed by atoms with Crippen molar-refractivity contribution < 1.29 is 23.4 Å². The van der Waals surface area contributed by atoms with Gasteiger partial charge in [-0.25, -0.2) is 0 Å². The minimum atomic E-state index is -0.300. The number of nitrogens with one attached hydrogen (secondary N) is 1. The fourth-order valence-corrected chi connectivity index (χ4v) is 1.88. The van der Waals surface area contributed by atoms with Gasteiger partial charge in [0.15, 0.2) is 11.5 Å². The Morgan fingerprint density at radius 3 is 2.32 bits per heavy atom. The zero-order valence-electron chi connectivity index (χ0n) is 12.6. The Hall–Kier alpha value is -2.89. The molecule has 0 aliphatic carbocycles. The maximum Gasteiger partial charge on any atom is 0.248 e. The molecule has 0 fully saturated rings. The lowest BCUT2D eigenvalue weighted by molar-refractivity contribution is -0.111. The first-order valence-electron chi connectivity index (χ1n) is 6.50. The number of carbonyl (C=O) groups is 1. The molecule has 1 heterocycles. The molecule has 1 N–H and O–H groups in total. The van der Waals surface area contributed by atoms with E-state index in [4.69, 9.17) is 18.6 Å². The molecule has 0 saturated carbocycles. The van der Waals surface area contributed by atoms with Crippen molar-refractivity contribution in [3.8, 4) is 17.2 Å². The first kappa shape index (κ1) is 15.5. The number of ether oxygens (including phenoxy) is 3. The smallest absolute Gasteiger partial charge is 0.248 e. The molecule has 6 nitrogen and oxygen atoms in total. The van der Waals surface area contributed by atoms with E-state index in [0.29, 0.717) is 28.7 Å². The van der Waals surface area contributed by atoms with Gasteiger partial charge in [0.2, 0.25) is 11.7 Å². The molecule has 2 rings (SSSR count). The highest BCUT2D eigenvalue weighted by Crippen LogP contribution is 2.39. The first-order chi connectivity index (χ1) is 10.7. The number of rotatable bonds is 6. The van der Waals surface area contributed by atoms with Gasteiger partial charge in [-0.2, -0.15) is 0 Å². The summed E-state index contributed by atoms with van der Waals surface area (Å²) >= 11 is 0.